The Bertz CT molecular complexity index is 1020. The van der Waals surface area contributed by atoms with Crippen molar-refractivity contribution in [2.24, 2.45) is 0 Å². The Hall–Kier alpha value is -1.99. The molecule has 0 N–H and O–H groups in total. The van der Waals surface area contributed by atoms with Gasteiger partial charge in [-0.1, -0.05) is 26.0 Å². The molecule has 1 aromatic heterocycles. The van der Waals surface area contributed by atoms with E-state index in [-0.39, 0.29) is 0 Å². The van der Waals surface area contributed by atoms with Gasteiger partial charge in [-0.2, -0.15) is 0 Å². The smallest absolute Gasteiger partial charge is 0.201 e. The van der Waals surface area contributed by atoms with Crippen molar-refractivity contribution >= 4 is 39.5 Å². The van der Waals surface area contributed by atoms with Gasteiger partial charge in [-0.3, -0.25) is 4.90 Å². The Morgan fingerprint density at radius 1 is 0.885 bits per heavy atom. The fourth-order valence-corrected chi connectivity index (χ4v) is 6.26. The quantitative estimate of drug-likeness (QED) is 0.577. The van der Waals surface area contributed by atoms with Crippen LogP contribution in [0.3, 0.4) is 0 Å². The molecule has 0 saturated heterocycles. The lowest BCUT2D eigenvalue weighted by molar-refractivity contribution is 0.588. The summed E-state index contributed by atoms with van der Waals surface area (Å²) in [4.78, 5) is 9.40. The molecule has 26 heavy (non-hydrogen) atoms. The van der Waals surface area contributed by atoms with Crippen molar-refractivity contribution in [3.05, 3.63) is 60.3 Å². The highest BCUT2D eigenvalue weighted by Gasteiger charge is 2.45. The minimum atomic E-state index is -1.33. The van der Waals surface area contributed by atoms with Gasteiger partial charge in [0.15, 0.2) is 26.2 Å². The number of nitrogens with zero attached hydrogens (tertiary/aromatic N) is 2. The van der Waals surface area contributed by atoms with Crippen LogP contribution in [0.4, 0.5) is 17.2 Å². The fraction of sp³-hybridized carbons (Fsp3) is 0.150. The van der Waals surface area contributed by atoms with Gasteiger partial charge in [0.05, 0.1) is 0 Å². The molecular formula is C20H16N2O2S2. The molecule has 2 aliphatic heterocycles. The van der Waals surface area contributed by atoms with Gasteiger partial charge in [-0.15, -0.1) is 0 Å². The Balaban J connectivity index is 1.87. The molecule has 5 rings (SSSR count). The highest BCUT2D eigenvalue weighted by molar-refractivity contribution is 7.93. The number of hydrogen-bond acceptors (Lipinski definition) is 4. The summed E-state index contributed by atoms with van der Waals surface area (Å²) < 4.78 is 26.3. The van der Waals surface area contributed by atoms with E-state index in [1.165, 1.54) is 5.56 Å². The molecule has 0 saturated carbocycles. The van der Waals surface area contributed by atoms with Crippen LogP contribution in [-0.2, 0) is 22.4 Å². The number of hydrogen-bond donors (Lipinski definition) is 0. The van der Waals surface area contributed by atoms with Crippen LogP contribution < -0.4 is 4.90 Å². The molecule has 2 unspecified atom stereocenters. The van der Waals surface area contributed by atoms with E-state index in [2.05, 4.69) is 24.9 Å². The molecule has 3 aromatic rings. The lowest BCUT2D eigenvalue weighted by atomic mass is 10.0. The van der Waals surface area contributed by atoms with Gasteiger partial charge in [0.2, 0.25) is 4.90 Å². The van der Waals surface area contributed by atoms with Crippen LogP contribution in [0, 0.1) is 0 Å². The first-order valence-electron chi connectivity index (χ1n) is 8.43. The SMILES string of the molecule is CC(C)c1ccc2c(c1)N1c3ncccc3[S+]([O-])c3cccc(c31)[S+]2[O-]. The van der Waals surface area contributed by atoms with E-state index in [0.717, 1.165) is 16.3 Å². The van der Waals surface area contributed by atoms with Gasteiger partial charge >= 0.3 is 0 Å². The predicted octanol–water partition coefficient (Wildman–Crippen LogP) is 4.64. The highest BCUT2D eigenvalue weighted by atomic mass is 32.2. The Kier molecular flexibility index (Phi) is 3.59. The molecule has 0 spiro atoms. The van der Waals surface area contributed by atoms with E-state index < -0.39 is 22.4 Å². The van der Waals surface area contributed by atoms with Crippen molar-refractivity contribution in [1.82, 2.24) is 4.98 Å². The zero-order chi connectivity index (χ0) is 18.0. The first kappa shape index (κ1) is 16.2. The molecule has 130 valence electrons. The first-order valence-corrected chi connectivity index (χ1v) is 10.7. The minimum Gasteiger partial charge on any atom is -0.606 e. The summed E-state index contributed by atoms with van der Waals surface area (Å²) in [5.74, 6) is 1.01. The molecule has 6 heteroatoms. The average Bonchev–Trinajstić information content (AvgIpc) is 2.67. The third-order valence-electron chi connectivity index (χ3n) is 4.84. The molecule has 0 aliphatic carbocycles. The Labute approximate surface area is 158 Å². The van der Waals surface area contributed by atoms with Gasteiger partial charge < -0.3 is 9.11 Å². The summed E-state index contributed by atoms with van der Waals surface area (Å²) >= 11 is -2.64. The van der Waals surface area contributed by atoms with Crippen LogP contribution in [0.5, 0.6) is 0 Å². The van der Waals surface area contributed by atoms with Crippen molar-refractivity contribution < 1.29 is 9.11 Å². The van der Waals surface area contributed by atoms with E-state index in [1.807, 2.05) is 41.3 Å². The van der Waals surface area contributed by atoms with Gasteiger partial charge in [-0.05, 0) is 47.9 Å². The summed E-state index contributed by atoms with van der Waals surface area (Å²) in [5, 5.41) is 0. The number of aromatic nitrogens is 1. The molecule has 0 bridgehead atoms. The summed E-state index contributed by atoms with van der Waals surface area (Å²) in [7, 11) is 0. The summed E-state index contributed by atoms with van der Waals surface area (Å²) in [6.07, 6.45) is 1.71. The topological polar surface area (TPSA) is 62.2 Å². The maximum absolute atomic E-state index is 13.2. The number of anilines is 3. The van der Waals surface area contributed by atoms with Crippen LogP contribution >= 0.6 is 0 Å². The van der Waals surface area contributed by atoms with Gasteiger partial charge in [0.1, 0.15) is 5.69 Å². The Morgan fingerprint density at radius 3 is 2.31 bits per heavy atom. The zero-order valence-electron chi connectivity index (χ0n) is 14.3. The van der Waals surface area contributed by atoms with Crippen LogP contribution in [0.1, 0.15) is 25.3 Å². The third-order valence-corrected chi connectivity index (χ3v) is 7.76. The van der Waals surface area contributed by atoms with Crippen LogP contribution in [0.2, 0.25) is 0 Å². The summed E-state index contributed by atoms with van der Waals surface area (Å²) in [6, 6.07) is 15.3. The lowest BCUT2D eigenvalue weighted by Crippen LogP contribution is -2.29. The monoisotopic (exact) mass is 380 g/mol. The van der Waals surface area contributed by atoms with E-state index in [4.69, 9.17) is 0 Å². The lowest BCUT2D eigenvalue weighted by Gasteiger charge is -2.36. The van der Waals surface area contributed by atoms with Crippen molar-refractivity contribution in [2.75, 3.05) is 4.90 Å². The molecule has 0 fully saturated rings. The molecule has 0 amide bonds. The largest absolute Gasteiger partial charge is 0.606 e. The van der Waals surface area contributed by atoms with E-state index in [0.29, 0.717) is 26.4 Å². The van der Waals surface area contributed by atoms with Crippen molar-refractivity contribution in [3.63, 3.8) is 0 Å². The maximum atomic E-state index is 13.2. The summed E-state index contributed by atoms with van der Waals surface area (Å²) in [5.41, 5.74) is 2.79. The van der Waals surface area contributed by atoms with E-state index >= 15 is 0 Å². The van der Waals surface area contributed by atoms with Gasteiger partial charge in [0.25, 0.3) is 0 Å². The zero-order valence-corrected chi connectivity index (χ0v) is 15.9. The molecule has 0 radical (unpaired) electrons. The van der Waals surface area contributed by atoms with Crippen molar-refractivity contribution in [2.45, 2.75) is 39.3 Å². The molecule has 4 nitrogen and oxygen atoms in total. The normalized spacial score (nSPS) is 19.8. The second kappa shape index (κ2) is 5.76. The first-order chi connectivity index (χ1) is 12.6. The molecule has 2 aromatic carbocycles. The second-order valence-electron chi connectivity index (χ2n) is 6.68. The predicted molar refractivity (Wildman–Crippen MR) is 102 cm³/mol. The van der Waals surface area contributed by atoms with Crippen LogP contribution in [0.25, 0.3) is 0 Å². The summed E-state index contributed by atoms with van der Waals surface area (Å²) in [6.45, 7) is 4.27. The highest BCUT2D eigenvalue weighted by Crippen LogP contribution is 2.55. The number of rotatable bonds is 1. The third kappa shape index (κ3) is 2.10. The second-order valence-corrected chi connectivity index (χ2v) is 9.52. The number of pyridine rings is 1. The van der Waals surface area contributed by atoms with Gasteiger partial charge in [-0.25, -0.2) is 4.98 Å². The molecule has 2 aliphatic rings. The van der Waals surface area contributed by atoms with E-state index in [1.54, 1.807) is 12.3 Å². The fourth-order valence-electron chi connectivity index (χ4n) is 3.52. The van der Waals surface area contributed by atoms with Crippen molar-refractivity contribution in [1.29, 1.82) is 0 Å². The van der Waals surface area contributed by atoms with Gasteiger partial charge in [0, 0.05) is 28.5 Å². The minimum absolute atomic E-state index is 0.354. The average molecular weight is 380 g/mol. The molecule has 3 heterocycles. The standard InChI is InChI=1S/C20H16N2O2S2/c1-12(2)13-8-9-15-14(11-13)22-19-16(25(15)23)5-3-6-17(19)26(24)18-7-4-10-21-20(18)22/h3-12H,1-2H3. The number of para-hydroxylation sites is 1. The van der Waals surface area contributed by atoms with Crippen molar-refractivity contribution in [3.8, 4) is 0 Å². The van der Waals surface area contributed by atoms with Crippen LogP contribution in [0.15, 0.2) is 74.3 Å². The number of benzene rings is 2. The molecular weight excluding hydrogens is 364 g/mol. The maximum Gasteiger partial charge on any atom is 0.201 e. The van der Waals surface area contributed by atoms with Crippen LogP contribution in [-0.4, -0.2) is 14.1 Å². The Morgan fingerprint density at radius 2 is 1.58 bits per heavy atom. The molecule has 2 atom stereocenters. The number of fused-ring (bicyclic) bond motifs is 4. The van der Waals surface area contributed by atoms with E-state index in [9.17, 15) is 9.11 Å².